The van der Waals surface area contributed by atoms with E-state index in [1.54, 1.807) is 26.4 Å². The predicted octanol–water partition coefficient (Wildman–Crippen LogP) is 5.73. The van der Waals surface area contributed by atoms with E-state index in [1.807, 2.05) is 60.7 Å². The number of halogens is 1. The summed E-state index contributed by atoms with van der Waals surface area (Å²) in [5, 5.41) is 3.19. The molecule has 2 aromatic carbocycles. The maximum atomic E-state index is 12.4. The lowest BCUT2D eigenvalue weighted by Crippen LogP contribution is -2.11. The van der Waals surface area contributed by atoms with Crippen LogP contribution in [0, 0.1) is 0 Å². The maximum Gasteiger partial charge on any atom is 0.257 e. The van der Waals surface area contributed by atoms with Crippen LogP contribution in [0.25, 0.3) is 22.5 Å². The zero-order chi connectivity index (χ0) is 22.5. The summed E-state index contributed by atoms with van der Waals surface area (Å²) in [7, 11) is 3.25. The third-order valence-electron chi connectivity index (χ3n) is 4.86. The molecule has 0 aliphatic heterocycles. The molecule has 1 amide bonds. The highest BCUT2D eigenvalue weighted by atomic mass is 35.5. The summed E-state index contributed by atoms with van der Waals surface area (Å²) in [6, 6.07) is 22.1. The number of methoxy groups -OCH3 is 2. The molecule has 0 radical (unpaired) electrons. The molecule has 0 aliphatic rings. The molecule has 32 heavy (non-hydrogen) atoms. The molecule has 0 spiro atoms. The Kier molecular flexibility index (Phi) is 6.33. The van der Waals surface area contributed by atoms with E-state index in [1.165, 1.54) is 6.20 Å². The first kappa shape index (κ1) is 21.3. The van der Waals surface area contributed by atoms with Crippen molar-refractivity contribution in [2.24, 2.45) is 0 Å². The fourth-order valence-electron chi connectivity index (χ4n) is 3.20. The number of carbonyl (C=O) groups excluding carboxylic acids is 1. The van der Waals surface area contributed by atoms with Gasteiger partial charge in [-0.05, 0) is 54.6 Å². The molecule has 7 heteroatoms. The largest absolute Gasteiger partial charge is 0.497 e. The molecule has 4 aromatic rings. The number of aromatic nitrogens is 2. The van der Waals surface area contributed by atoms with E-state index in [0.717, 1.165) is 28.3 Å². The quantitative estimate of drug-likeness (QED) is 0.383. The van der Waals surface area contributed by atoms with Crippen LogP contribution >= 0.6 is 11.6 Å². The van der Waals surface area contributed by atoms with E-state index in [0.29, 0.717) is 22.2 Å². The Balaban J connectivity index is 1.56. The third kappa shape index (κ3) is 4.71. The summed E-state index contributed by atoms with van der Waals surface area (Å²) >= 11 is 5.77. The second-order valence-electron chi connectivity index (χ2n) is 6.88. The monoisotopic (exact) mass is 445 g/mol. The summed E-state index contributed by atoms with van der Waals surface area (Å²) in [4.78, 5) is 21.1. The molecular formula is C25H20ClN3O3. The molecule has 0 atom stereocenters. The number of amides is 1. The minimum atomic E-state index is -0.257. The minimum Gasteiger partial charge on any atom is -0.497 e. The fraction of sp³-hybridized carbons (Fsp3) is 0.0800. The van der Waals surface area contributed by atoms with Crippen LogP contribution in [0.15, 0.2) is 79.0 Å². The molecule has 4 rings (SSSR count). The third-order valence-corrected chi connectivity index (χ3v) is 5.08. The molecule has 0 fully saturated rings. The van der Waals surface area contributed by atoms with E-state index in [-0.39, 0.29) is 5.91 Å². The summed E-state index contributed by atoms with van der Waals surface area (Å²) < 4.78 is 10.8. The van der Waals surface area contributed by atoms with E-state index in [2.05, 4.69) is 10.3 Å². The highest BCUT2D eigenvalue weighted by molar-refractivity contribution is 6.29. The number of nitrogens with zero attached hydrogens (tertiary/aromatic N) is 2. The number of hydrogen-bond acceptors (Lipinski definition) is 5. The van der Waals surface area contributed by atoms with Crippen molar-refractivity contribution in [3.8, 4) is 34.0 Å². The van der Waals surface area contributed by atoms with Gasteiger partial charge in [-0.1, -0.05) is 29.8 Å². The average molecular weight is 446 g/mol. The van der Waals surface area contributed by atoms with Gasteiger partial charge in [-0.3, -0.25) is 4.79 Å². The van der Waals surface area contributed by atoms with Crippen molar-refractivity contribution in [3.05, 3.63) is 89.7 Å². The number of benzene rings is 2. The smallest absolute Gasteiger partial charge is 0.257 e. The standard InChI is InChI=1S/C25H20ClN3O3/c1-31-19-11-12-23(32-2)20(14-19)22-5-3-4-21(29-22)16-6-9-18(10-7-16)28-25(30)17-8-13-24(26)27-15-17/h3-15H,1-2H3,(H,28,30). The fourth-order valence-corrected chi connectivity index (χ4v) is 3.31. The topological polar surface area (TPSA) is 73.3 Å². The van der Waals surface area contributed by atoms with Gasteiger partial charge in [0.25, 0.3) is 5.91 Å². The summed E-state index contributed by atoms with van der Waals surface area (Å²) in [6.07, 6.45) is 1.44. The van der Waals surface area contributed by atoms with Crippen LogP contribution < -0.4 is 14.8 Å². The predicted molar refractivity (Wildman–Crippen MR) is 125 cm³/mol. The maximum absolute atomic E-state index is 12.4. The van der Waals surface area contributed by atoms with Crippen LogP contribution in [0.5, 0.6) is 11.5 Å². The van der Waals surface area contributed by atoms with Gasteiger partial charge in [-0.2, -0.15) is 0 Å². The number of rotatable bonds is 6. The first-order chi connectivity index (χ1) is 15.6. The highest BCUT2D eigenvalue weighted by Gasteiger charge is 2.11. The van der Waals surface area contributed by atoms with Crippen LogP contribution in [-0.4, -0.2) is 30.1 Å². The normalized spacial score (nSPS) is 10.5. The van der Waals surface area contributed by atoms with Crippen molar-refractivity contribution >= 4 is 23.2 Å². The number of carbonyl (C=O) groups is 1. The van der Waals surface area contributed by atoms with Gasteiger partial charge in [0.2, 0.25) is 0 Å². The van der Waals surface area contributed by atoms with Gasteiger partial charge < -0.3 is 14.8 Å². The lowest BCUT2D eigenvalue weighted by atomic mass is 10.1. The molecule has 160 valence electrons. The van der Waals surface area contributed by atoms with Gasteiger partial charge in [-0.25, -0.2) is 9.97 Å². The molecule has 1 N–H and O–H groups in total. The first-order valence-corrected chi connectivity index (χ1v) is 10.2. The Morgan fingerprint density at radius 2 is 1.69 bits per heavy atom. The average Bonchev–Trinajstić information content (AvgIpc) is 2.84. The van der Waals surface area contributed by atoms with Gasteiger partial charge in [0.1, 0.15) is 16.7 Å². The van der Waals surface area contributed by atoms with Crippen LogP contribution in [-0.2, 0) is 0 Å². The molecule has 2 aromatic heterocycles. The van der Waals surface area contributed by atoms with E-state index < -0.39 is 0 Å². The Labute approximate surface area is 190 Å². The SMILES string of the molecule is COc1ccc(OC)c(-c2cccc(-c3ccc(NC(=O)c4ccc(Cl)nc4)cc3)n2)c1. The van der Waals surface area contributed by atoms with E-state index in [9.17, 15) is 4.79 Å². The molecule has 2 heterocycles. The molecule has 0 saturated heterocycles. The number of hydrogen-bond donors (Lipinski definition) is 1. The second-order valence-corrected chi connectivity index (χ2v) is 7.26. The number of ether oxygens (including phenoxy) is 2. The van der Waals surface area contributed by atoms with Crippen molar-refractivity contribution in [1.82, 2.24) is 9.97 Å². The lowest BCUT2D eigenvalue weighted by Gasteiger charge is -2.11. The van der Waals surface area contributed by atoms with Crippen LogP contribution in [0.4, 0.5) is 5.69 Å². The van der Waals surface area contributed by atoms with Crippen LogP contribution in [0.2, 0.25) is 5.15 Å². The summed E-state index contributed by atoms with van der Waals surface area (Å²) in [5.74, 6) is 1.18. The Morgan fingerprint density at radius 3 is 2.38 bits per heavy atom. The second kappa shape index (κ2) is 9.49. The summed E-state index contributed by atoms with van der Waals surface area (Å²) in [5.41, 5.74) is 4.42. The first-order valence-electron chi connectivity index (χ1n) is 9.80. The summed E-state index contributed by atoms with van der Waals surface area (Å²) in [6.45, 7) is 0. The number of anilines is 1. The highest BCUT2D eigenvalue weighted by Crippen LogP contribution is 2.33. The van der Waals surface area contributed by atoms with Gasteiger partial charge >= 0.3 is 0 Å². The van der Waals surface area contributed by atoms with Crippen molar-refractivity contribution < 1.29 is 14.3 Å². The Bertz CT molecular complexity index is 1240. The van der Waals surface area contributed by atoms with Crippen molar-refractivity contribution in [1.29, 1.82) is 0 Å². The molecule has 0 aliphatic carbocycles. The number of nitrogens with one attached hydrogen (secondary N) is 1. The molecule has 6 nitrogen and oxygen atoms in total. The van der Waals surface area contributed by atoms with Crippen molar-refractivity contribution in [2.75, 3.05) is 19.5 Å². The van der Waals surface area contributed by atoms with Crippen LogP contribution in [0.1, 0.15) is 10.4 Å². The van der Waals surface area contributed by atoms with Crippen molar-refractivity contribution in [2.45, 2.75) is 0 Å². The van der Waals surface area contributed by atoms with Crippen molar-refractivity contribution in [3.63, 3.8) is 0 Å². The van der Waals surface area contributed by atoms with E-state index in [4.69, 9.17) is 26.1 Å². The Morgan fingerprint density at radius 1 is 0.906 bits per heavy atom. The van der Waals surface area contributed by atoms with Gasteiger partial charge in [0, 0.05) is 23.0 Å². The molecule has 0 saturated carbocycles. The van der Waals surface area contributed by atoms with Gasteiger partial charge in [0.15, 0.2) is 0 Å². The van der Waals surface area contributed by atoms with E-state index >= 15 is 0 Å². The zero-order valence-electron chi connectivity index (χ0n) is 17.5. The van der Waals surface area contributed by atoms with Crippen LogP contribution in [0.3, 0.4) is 0 Å². The molecule has 0 unspecified atom stereocenters. The molecule has 0 bridgehead atoms. The zero-order valence-corrected chi connectivity index (χ0v) is 18.3. The lowest BCUT2D eigenvalue weighted by molar-refractivity contribution is 0.102. The Hall–Kier alpha value is -3.90. The van der Waals surface area contributed by atoms with Gasteiger partial charge in [-0.15, -0.1) is 0 Å². The number of pyridine rings is 2. The molecular weight excluding hydrogens is 426 g/mol. The minimum absolute atomic E-state index is 0.257. The van der Waals surface area contributed by atoms with Gasteiger partial charge in [0.05, 0.1) is 31.2 Å².